The third-order valence-corrected chi connectivity index (χ3v) is 3.87. The number of carbonyl (C=O) groups excluding carboxylic acids is 1. The van der Waals surface area contributed by atoms with Gasteiger partial charge in [-0.2, -0.15) is 4.98 Å². The maximum atomic E-state index is 12.1. The fraction of sp³-hybridized carbons (Fsp3) is 0.118. The summed E-state index contributed by atoms with van der Waals surface area (Å²) in [6.45, 7) is 1.31. The summed E-state index contributed by atoms with van der Waals surface area (Å²) >= 11 is 6.07. The average molecular weight is 374 g/mol. The van der Waals surface area contributed by atoms with Crippen LogP contribution in [-0.2, 0) is 11.3 Å². The monoisotopic (exact) mass is 373 g/mol. The first kappa shape index (κ1) is 17.6. The number of ether oxygens (including phenoxy) is 1. The summed E-state index contributed by atoms with van der Waals surface area (Å²) in [7, 11) is 0. The fourth-order valence-electron chi connectivity index (χ4n) is 2.26. The lowest BCUT2D eigenvalue weighted by molar-refractivity contribution is -0.385. The van der Waals surface area contributed by atoms with Crippen LogP contribution in [0.4, 0.5) is 5.69 Å². The number of nitro groups is 1. The number of halogens is 1. The quantitative estimate of drug-likeness (QED) is 0.378. The predicted molar refractivity (Wildman–Crippen MR) is 91.7 cm³/mol. The van der Waals surface area contributed by atoms with E-state index in [-0.39, 0.29) is 29.6 Å². The van der Waals surface area contributed by atoms with Gasteiger partial charge in [-0.05, 0) is 31.2 Å². The Bertz CT molecular complexity index is 986. The van der Waals surface area contributed by atoms with Crippen LogP contribution in [0.25, 0.3) is 11.4 Å². The van der Waals surface area contributed by atoms with Gasteiger partial charge >= 0.3 is 5.97 Å². The molecule has 1 aromatic heterocycles. The van der Waals surface area contributed by atoms with E-state index in [1.54, 1.807) is 31.2 Å². The van der Waals surface area contributed by atoms with Crippen LogP contribution in [0.1, 0.15) is 21.8 Å². The SMILES string of the molecule is Cc1cc(C(=O)OCc2nc(-c3ccccc3Cl)no2)ccc1[N+](=O)[O-]. The van der Waals surface area contributed by atoms with Gasteiger partial charge in [0.15, 0.2) is 6.61 Å². The van der Waals surface area contributed by atoms with Crippen molar-refractivity contribution in [3.8, 4) is 11.4 Å². The highest BCUT2D eigenvalue weighted by Gasteiger charge is 2.17. The number of carbonyl (C=O) groups is 1. The number of nitro benzene ring substituents is 1. The Hall–Kier alpha value is -3.26. The molecule has 0 aliphatic heterocycles. The molecule has 8 nitrogen and oxygen atoms in total. The maximum Gasteiger partial charge on any atom is 0.338 e. The summed E-state index contributed by atoms with van der Waals surface area (Å²) in [5, 5.41) is 15.1. The van der Waals surface area contributed by atoms with Gasteiger partial charge in [0.2, 0.25) is 5.82 Å². The predicted octanol–water partition coefficient (Wildman–Crippen LogP) is 3.96. The van der Waals surface area contributed by atoms with Gasteiger partial charge in [-0.15, -0.1) is 0 Å². The van der Waals surface area contributed by atoms with Gasteiger partial charge in [-0.25, -0.2) is 4.79 Å². The van der Waals surface area contributed by atoms with Crippen LogP contribution in [0.15, 0.2) is 47.0 Å². The Morgan fingerprint density at radius 1 is 1.31 bits per heavy atom. The van der Waals surface area contributed by atoms with Crippen molar-refractivity contribution < 1.29 is 19.0 Å². The van der Waals surface area contributed by atoms with Gasteiger partial charge in [-0.1, -0.05) is 28.9 Å². The van der Waals surface area contributed by atoms with E-state index in [0.29, 0.717) is 16.1 Å². The van der Waals surface area contributed by atoms with Crippen molar-refractivity contribution in [1.82, 2.24) is 10.1 Å². The van der Waals surface area contributed by atoms with Crippen LogP contribution in [0.2, 0.25) is 5.02 Å². The van der Waals surface area contributed by atoms with Crippen molar-refractivity contribution in [1.29, 1.82) is 0 Å². The molecule has 132 valence electrons. The smallest absolute Gasteiger partial charge is 0.338 e. The Morgan fingerprint density at radius 3 is 2.77 bits per heavy atom. The molecule has 0 N–H and O–H groups in total. The molecule has 3 aromatic rings. The van der Waals surface area contributed by atoms with Crippen molar-refractivity contribution in [3.63, 3.8) is 0 Å². The second-order valence-electron chi connectivity index (χ2n) is 5.33. The van der Waals surface area contributed by atoms with Gasteiger partial charge in [0.05, 0.1) is 15.5 Å². The van der Waals surface area contributed by atoms with E-state index >= 15 is 0 Å². The molecule has 0 bridgehead atoms. The molecule has 1 heterocycles. The molecule has 0 unspecified atom stereocenters. The Labute approximate surface area is 152 Å². The van der Waals surface area contributed by atoms with Gasteiger partial charge < -0.3 is 9.26 Å². The number of hydrogen-bond donors (Lipinski definition) is 0. The van der Waals surface area contributed by atoms with Crippen LogP contribution in [-0.4, -0.2) is 21.0 Å². The number of rotatable bonds is 5. The highest BCUT2D eigenvalue weighted by atomic mass is 35.5. The molecule has 0 saturated carbocycles. The van der Waals surface area contributed by atoms with Crippen molar-refractivity contribution in [2.24, 2.45) is 0 Å². The maximum absolute atomic E-state index is 12.1. The molecule has 0 amide bonds. The highest BCUT2D eigenvalue weighted by molar-refractivity contribution is 6.33. The molecule has 0 aliphatic rings. The lowest BCUT2D eigenvalue weighted by Crippen LogP contribution is -2.06. The number of benzene rings is 2. The van der Waals surface area contributed by atoms with Crippen molar-refractivity contribution in [2.45, 2.75) is 13.5 Å². The number of esters is 1. The Morgan fingerprint density at radius 2 is 2.08 bits per heavy atom. The zero-order valence-electron chi connectivity index (χ0n) is 13.5. The number of aromatic nitrogens is 2. The van der Waals surface area contributed by atoms with Gasteiger partial charge in [0.1, 0.15) is 0 Å². The summed E-state index contributed by atoms with van der Waals surface area (Å²) in [6.07, 6.45) is 0. The molecular weight excluding hydrogens is 362 g/mol. The summed E-state index contributed by atoms with van der Waals surface area (Å²) in [5.74, 6) is -0.264. The van der Waals surface area contributed by atoms with E-state index in [1.165, 1.54) is 18.2 Å². The van der Waals surface area contributed by atoms with Crippen LogP contribution >= 0.6 is 11.6 Å². The minimum atomic E-state index is -0.652. The molecule has 26 heavy (non-hydrogen) atoms. The van der Waals surface area contributed by atoms with E-state index in [0.717, 1.165) is 0 Å². The second kappa shape index (κ2) is 7.32. The Balaban J connectivity index is 1.68. The van der Waals surface area contributed by atoms with Crippen LogP contribution in [0, 0.1) is 17.0 Å². The summed E-state index contributed by atoms with van der Waals surface area (Å²) in [5.41, 5.74) is 1.09. The summed E-state index contributed by atoms with van der Waals surface area (Å²) in [6, 6.07) is 11.0. The number of aryl methyl sites for hydroxylation is 1. The summed E-state index contributed by atoms with van der Waals surface area (Å²) in [4.78, 5) is 26.5. The molecule has 9 heteroatoms. The van der Waals surface area contributed by atoms with Crippen LogP contribution in [0.3, 0.4) is 0 Å². The normalized spacial score (nSPS) is 10.5. The molecular formula is C17H12ClN3O5. The van der Waals surface area contributed by atoms with E-state index in [4.69, 9.17) is 20.9 Å². The molecule has 0 fully saturated rings. The third-order valence-electron chi connectivity index (χ3n) is 3.54. The standard InChI is InChI=1S/C17H12ClN3O5/c1-10-8-11(6-7-14(10)21(23)24)17(22)25-9-15-19-16(20-26-15)12-4-2-3-5-13(12)18/h2-8H,9H2,1H3. The molecule has 0 saturated heterocycles. The molecule has 0 atom stereocenters. The van der Waals surface area contributed by atoms with E-state index in [9.17, 15) is 14.9 Å². The van der Waals surface area contributed by atoms with E-state index in [2.05, 4.69) is 10.1 Å². The second-order valence-corrected chi connectivity index (χ2v) is 5.73. The topological polar surface area (TPSA) is 108 Å². The number of hydrogen-bond acceptors (Lipinski definition) is 7. The lowest BCUT2D eigenvalue weighted by Gasteiger charge is -2.03. The minimum Gasteiger partial charge on any atom is -0.452 e. The average Bonchev–Trinajstić information content (AvgIpc) is 3.08. The third kappa shape index (κ3) is 3.70. The molecule has 0 radical (unpaired) electrons. The first-order valence-electron chi connectivity index (χ1n) is 7.45. The largest absolute Gasteiger partial charge is 0.452 e. The van der Waals surface area contributed by atoms with Crippen molar-refractivity contribution in [3.05, 3.63) is 74.6 Å². The van der Waals surface area contributed by atoms with Gasteiger partial charge in [0, 0.05) is 17.2 Å². The van der Waals surface area contributed by atoms with Crippen LogP contribution < -0.4 is 0 Å². The summed E-state index contributed by atoms with van der Waals surface area (Å²) < 4.78 is 10.2. The lowest BCUT2D eigenvalue weighted by atomic mass is 10.1. The van der Waals surface area contributed by atoms with Gasteiger partial charge in [0.25, 0.3) is 11.6 Å². The zero-order chi connectivity index (χ0) is 18.7. The first-order chi connectivity index (χ1) is 12.5. The van der Waals surface area contributed by atoms with Crippen molar-refractivity contribution >= 4 is 23.3 Å². The Kier molecular flexibility index (Phi) is 4.94. The highest BCUT2D eigenvalue weighted by Crippen LogP contribution is 2.25. The van der Waals surface area contributed by atoms with Crippen LogP contribution in [0.5, 0.6) is 0 Å². The fourth-order valence-corrected chi connectivity index (χ4v) is 2.48. The zero-order valence-corrected chi connectivity index (χ0v) is 14.3. The first-order valence-corrected chi connectivity index (χ1v) is 7.83. The minimum absolute atomic E-state index is 0.0668. The van der Waals surface area contributed by atoms with E-state index < -0.39 is 10.9 Å². The molecule has 0 aliphatic carbocycles. The molecule has 0 spiro atoms. The molecule has 3 rings (SSSR count). The van der Waals surface area contributed by atoms with Gasteiger partial charge in [-0.3, -0.25) is 10.1 Å². The molecule has 2 aromatic carbocycles. The number of nitrogens with zero attached hydrogens (tertiary/aromatic N) is 3. The van der Waals surface area contributed by atoms with Crippen molar-refractivity contribution in [2.75, 3.05) is 0 Å². The van der Waals surface area contributed by atoms with E-state index in [1.807, 2.05) is 0 Å².